The SMILES string of the molecule is CCOc1ccc(Nc2nncc(NCc3ccncc3)n2)cc1. The largest absolute Gasteiger partial charge is 0.494 e. The molecule has 2 aromatic heterocycles. The van der Waals surface area contributed by atoms with Crippen molar-refractivity contribution in [2.45, 2.75) is 13.5 Å². The van der Waals surface area contributed by atoms with Gasteiger partial charge in [0.15, 0.2) is 5.82 Å². The molecule has 0 aliphatic carbocycles. The number of hydrogen-bond donors (Lipinski definition) is 2. The van der Waals surface area contributed by atoms with Crippen LogP contribution in [0.1, 0.15) is 12.5 Å². The van der Waals surface area contributed by atoms with E-state index in [0.717, 1.165) is 17.0 Å². The van der Waals surface area contributed by atoms with Gasteiger partial charge < -0.3 is 15.4 Å². The van der Waals surface area contributed by atoms with Crippen LogP contribution < -0.4 is 15.4 Å². The van der Waals surface area contributed by atoms with E-state index in [0.29, 0.717) is 24.9 Å². The minimum Gasteiger partial charge on any atom is -0.494 e. The number of ether oxygens (including phenoxy) is 1. The van der Waals surface area contributed by atoms with Crippen LogP contribution in [-0.4, -0.2) is 26.8 Å². The van der Waals surface area contributed by atoms with Crippen molar-refractivity contribution in [2.24, 2.45) is 0 Å². The topological polar surface area (TPSA) is 84.9 Å². The molecule has 0 saturated heterocycles. The number of hydrogen-bond acceptors (Lipinski definition) is 7. The van der Waals surface area contributed by atoms with Gasteiger partial charge in [-0.3, -0.25) is 4.98 Å². The summed E-state index contributed by atoms with van der Waals surface area (Å²) in [5.74, 6) is 1.91. The van der Waals surface area contributed by atoms with Gasteiger partial charge in [0.05, 0.1) is 12.8 Å². The molecule has 0 unspecified atom stereocenters. The minimum atomic E-state index is 0.430. The third-order valence-corrected chi connectivity index (χ3v) is 3.20. The summed E-state index contributed by atoms with van der Waals surface area (Å²) >= 11 is 0. The van der Waals surface area contributed by atoms with Crippen LogP contribution in [0, 0.1) is 0 Å². The van der Waals surface area contributed by atoms with Crippen LogP contribution in [0.5, 0.6) is 5.75 Å². The van der Waals surface area contributed by atoms with Gasteiger partial charge in [-0.1, -0.05) is 0 Å². The summed E-state index contributed by atoms with van der Waals surface area (Å²) in [5.41, 5.74) is 1.98. The lowest BCUT2D eigenvalue weighted by molar-refractivity contribution is 0.340. The molecule has 2 N–H and O–H groups in total. The number of aromatic nitrogens is 4. The van der Waals surface area contributed by atoms with Gasteiger partial charge in [-0.05, 0) is 48.9 Å². The molecule has 24 heavy (non-hydrogen) atoms. The van der Waals surface area contributed by atoms with Gasteiger partial charge in [0.1, 0.15) is 5.75 Å². The molecule has 7 heteroatoms. The summed E-state index contributed by atoms with van der Waals surface area (Å²) < 4.78 is 5.42. The molecule has 0 atom stereocenters. The van der Waals surface area contributed by atoms with E-state index in [4.69, 9.17) is 4.74 Å². The Hall–Kier alpha value is -3.22. The van der Waals surface area contributed by atoms with Gasteiger partial charge in [0.25, 0.3) is 0 Å². The fourth-order valence-corrected chi connectivity index (χ4v) is 2.07. The molecule has 3 rings (SSSR count). The summed E-state index contributed by atoms with van der Waals surface area (Å²) in [6.07, 6.45) is 5.10. The number of nitrogens with zero attached hydrogens (tertiary/aromatic N) is 4. The normalized spacial score (nSPS) is 10.2. The van der Waals surface area contributed by atoms with Gasteiger partial charge >= 0.3 is 0 Å². The molecule has 1 aromatic carbocycles. The summed E-state index contributed by atoms with van der Waals surface area (Å²) in [4.78, 5) is 8.39. The van der Waals surface area contributed by atoms with E-state index in [1.54, 1.807) is 18.6 Å². The number of anilines is 3. The molecule has 122 valence electrons. The quantitative estimate of drug-likeness (QED) is 0.691. The highest BCUT2D eigenvalue weighted by atomic mass is 16.5. The zero-order valence-electron chi connectivity index (χ0n) is 13.3. The van der Waals surface area contributed by atoms with E-state index in [2.05, 4.69) is 30.8 Å². The lowest BCUT2D eigenvalue weighted by Gasteiger charge is -2.08. The Kier molecular flexibility index (Phi) is 5.14. The van der Waals surface area contributed by atoms with Crippen LogP contribution in [-0.2, 0) is 6.54 Å². The van der Waals surface area contributed by atoms with Crippen molar-refractivity contribution in [3.05, 3.63) is 60.6 Å². The Morgan fingerprint density at radius 1 is 1.04 bits per heavy atom. The van der Waals surface area contributed by atoms with Crippen molar-refractivity contribution >= 4 is 17.5 Å². The highest BCUT2D eigenvalue weighted by Gasteiger charge is 2.02. The first-order valence-electron chi connectivity index (χ1n) is 7.66. The Morgan fingerprint density at radius 3 is 2.58 bits per heavy atom. The Balaban J connectivity index is 1.62. The van der Waals surface area contributed by atoms with Gasteiger partial charge in [-0.2, -0.15) is 10.1 Å². The third kappa shape index (κ3) is 4.39. The molecule has 0 radical (unpaired) electrons. The molecule has 0 aliphatic heterocycles. The van der Waals surface area contributed by atoms with E-state index in [-0.39, 0.29) is 0 Å². The van der Waals surface area contributed by atoms with E-state index in [9.17, 15) is 0 Å². The average Bonchev–Trinajstić information content (AvgIpc) is 2.63. The molecule has 7 nitrogen and oxygen atoms in total. The standard InChI is InChI=1S/C17H18N6O/c1-2-24-15-5-3-14(4-6-15)21-17-22-16(12-20-23-17)19-11-13-7-9-18-10-8-13/h3-10,12H,2,11H2,1H3,(H2,19,21,22,23). The predicted molar refractivity (Wildman–Crippen MR) is 92.3 cm³/mol. The summed E-state index contributed by atoms with van der Waals surface area (Å²) in [7, 11) is 0. The van der Waals surface area contributed by atoms with Crippen molar-refractivity contribution in [3.63, 3.8) is 0 Å². The second-order valence-electron chi connectivity index (χ2n) is 4.96. The fourth-order valence-electron chi connectivity index (χ4n) is 2.07. The maximum Gasteiger partial charge on any atom is 0.249 e. The van der Waals surface area contributed by atoms with Crippen LogP contribution in [0.2, 0.25) is 0 Å². The number of benzene rings is 1. The molecule has 0 fully saturated rings. The van der Waals surface area contributed by atoms with Crippen molar-refractivity contribution in [2.75, 3.05) is 17.2 Å². The van der Waals surface area contributed by atoms with E-state index < -0.39 is 0 Å². The van der Waals surface area contributed by atoms with Gasteiger partial charge in [0.2, 0.25) is 5.95 Å². The van der Waals surface area contributed by atoms with Gasteiger partial charge in [0, 0.05) is 24.6 Å². The van der Waals surface area contributed by atoms with Crippen LogP contribution >= 0.6 is 0 Å². The Bertz CT molecular complexity index is 764. The highest BCUT2D eigenvalue weighted by molar-refractivity contribution is 5.55. The Labute approximate surface area is 140 Å². The minimum absolute atomic E-state index is 0.430. The van der Waals surface area contributed by atoms with Crippen LogP contribution in [0.4, 0.5) is 17.5 Å². The molecule has 0 spiro atoms. The zero-order valence-corrected chi connectivity index (χ0v) is 13.3. The highest BCUT2D eigenvalue weighted by Crippen LogP contribution is 2.18. The van der Waals surface area contributed by atoms with Crippen LogP contribution in [0.3, 0.4) is 0 Å². The van der Waals surface area contributed by atoms with E-state index in [1.165, 1.54) is 0 Å². The first kappa shape index (κ1) is 15.7. The molecule has 3 aromatic rings. The molecular weight excluding hydrogens is 304 g/mol. The van der Waals surface area contributed by atoms with Crippen molar-refractivity contribution in [3.8, 4) is 5.75 Å². The second-order valence-corrected chi connectivity index (χ2v) is 4.96. The third-order valence-electron chi connectivity index (χ3n) is 3.20. The van der Waals surface area contributed by atoms with E-state index >= 15 is 0 Å². The summed E-state index contributed by atoms with van der Waals surface area (Å²) in [6.45, 7) is 3.24. The first-order chi connectivity index (χ1) is 11.8. The molecular formula is C17H18N6O. The van der Waals surface area contributed by atoms with Crippen molar-refractivity contribution in [1.29, 1.82) is 0 Å². The number of nitrogens with one attached hydrogen (secondary N) is 2. The first-order valence-corrected chi connectivity index (χ1v) is 7.66. The Morgan fingerprint density at radius 2 is 1.83 bits per heavy atom. The van der Waals surface area contributed by atoms with Crippen LogP contribution in [0.15, 0.2) is 55.0 Å². The second kappa shape index (κ2) is 7.87. The lowest BCUT2D eigenvalue weighted by Crippen LogP contribution is -2.05. The monoisotopic (exact) mass is 322 g/mol. The maximum atomic E-state index is 5.42. The lowest BCUT2D eigenvalue weighted by atomic mass is 10.3. The number of rotatable bonds is 7. The fraction of sp³-hybridized carbons (Fsp3) is 0.176. The zero-order chi connectivity index (χ0) is 16.6. The maximum absolute atomic E-state index is 5.42. The van der Waals surface area contributed by atoms with Crippen molar-refractivity contribution < 1.29 is 4.74 Å². The summed E-state index contributed by atoms with van der Waals surface area (Å²) in [6, 6.07) is 11.5. The smallest absolute Gasteiger partial charge is 0.249 e. The molecule has 0 saturated carbocycles. The predicted octanol–water partition coefficient (Wildman–Crippen LogP) is 3.02. The molecule has 0 bridgehead atoms. The van der Waals surface area contributed by atoms with Crippen LogP contribution in [0.25, 0.3) is 0 Å². The van der Waals surface area contributed by atoms with E-state index in [1.807, 2.05) is 43.3 Å². The summed E-state index contributed by atoms with van der Waals surface area (Å²) in [5, 5.41) is 14.3. The van der Waals surface area contributed by atoms with Gasteiger partial charge in [-0.15, -0.1) is 5.10 Å². The van der Waals surface area contributed by atoms with Gasteiger partial charge in [-0.25, -0.2) is 0 Å². The number of pyridine rings is 1. The molecule has 2 heterocycles. The van der Waals surface area contributed by atoms with Crippen molar-refractivity contribution in [1.82, 2.24) is 20.2 Å². The molecule has 0 amide bonds. The average molecular weight is 322 g/mol. The molecule has 0 aliphatic rings.